The van der Waals surface area contributed by atoms with Gasteiger partial charge in [-0.3, -0.25) is 0 Å². The standard InChI is InChI=1S/C18H20F3N3O3S.HI/c1-12-9-14(5-8-16(12)28(2,25)26)11-24-17(22)23-10-13-3-6-15(7-4-13)27-18(19,20)21;/h3-9H,10-11H2,1-2H3,(H3,22,23,24);1H. The van der Waals surface area contributed by atoms with Crippen LogP contribution in [0.3, 0.4) is 0 Å². The third-order valence-electron chi connectivity index (χ3n) is 3.70. The molecule has 0 saturated heterocycles. The van der Waals surface area contributed by atoms with Gasteiger partial charge in [0.25, 0.3) is 0 Å². The van der Waals surface area contributed by atoms with Crippen LogP contribution in [0.25, 0.3) is 0 Å². The molecule has 0 aliphatic heterocycles. The first-order valence-corrected chi connectivity index (χ1v) is 10.0. The summed E-state index contributed by atoms with van der Waals surface area (Å²) in [5, 5.41) is 2.86. The van der Waals surface area contributed by atoms with E-state index in [-0.39, 0.29) is 53.7 Å². The molecule has 0 aliphatic carbocycles. The van der Waals surface area contributed by atoms with Crippen LogP contribution >= 0.6 is 24.0 Å². The van der Waals surface area contributed by atoms with Crippen LogP contribution in [-0.2, 0) is 22.9 Å². The van der Waals surface area contributed by atoms with Crippen LogP contribution in [0.2, 0.25) is 0 Å². The second-order valence-electron chi connectivity index (χ2n) is 6.12. The number of nitrogens with zero attached hydrogens (tertiary/aromatic N) is 1. The molecule has 2 rings (SSSR count). The maximum absolute atomic E-state index is 12.1. The summed E-state index contributed by atoms with van der Waals surface area (Å²) in [7, 11) is -3.28. The van der Waals surface area contributed by atoms with Crippen molar-refractivity contribution in [2.45, 2.75) is 31.3 Å². The van der Waals surface area contributed by atoms with Crippen LogP contribution in [0.5, 0.6) is 5.75 Å². The molecule has 0 aromatic heterocycles. The number of nitrogens with one attached hydrogen (secondary N) is 1. The zero-order valence-electron chi connectivity index (χ0n) is 15.7. The number of nitrogens with two attached hydrogens (primary N) is 1. The molecule has 0 aliphatic rings. The van der Waals surface area contributed by atoms with E-state index in [0.717, 1.165) is 11.8 Å². The third-order valence-corrected chi connectivity index (χ3v) is 4.96. The zero-order valence-corrected chi connectivity index (χ0v) is 18.8. The van der Waals surface area contributed by atoms with Crippen molar-refractivity contribution in [3.8, 4) is 5.75 Å². The summed E-state index contributed by atoms with van der Waals surface area (Å²) in [5.74, 6) is -0.147. The van der Waals surface area contributed by atoms with E-state index in [0.29, 0.717) is 11.1 Å². The molecular formula is C18H21F3IN3O3S. The highest BCUT2D eigenvalue weighted by Gasteiger charge is 2.30. The lowest BCUT2D eigenvalue weighted by atomic mass is 10.1. The molecule has 6 nitrogen and oxygen atoms in total. The van der Waals surface area contributed by atoms with Crippen LogP contribution in [0, 0.1) is 6.92 Å². The Morgan fingerprint density at radius 2 is 1.72 bits per heavy atom. The summed E-state index contributed by atoms with van der Waals surface area (Å²) < 4.78 is 63.4. The Labute approximate surface area is 184 Å². The number of hydrogen-bond donors (Lipinski definition) is 2. The molecular weight excluding hydrogens is 522 g/mol. The molecule has 0 atom stereocenters. The molecule has 2 aromatic rings. The van der Waals surface area contributed by atoms with E-state index in [2.05, 4.69) is 15.0 Å². The van der Waals surface area contributed by atoms with Gasteiger partial charge >= 0.3 is 6.36 Å². The average molecular weight is 543 g/mol. The second kappa shape index (κ2) is 10.1. The van der Waals surface area contributed by atoms with Crippen molar-refractivity contribution in [3.05, 3.63) is 59.2 Å². The molecule has 0 saturated carbocycles. The summed E-state index contributed by atoms with van der Waals surface area (Å²) in [6, 6.07) is 10.3. The number of alkyl halides is 3. The minimum atomic E-state index is -4.73. The fourth-order valence-corrected chi connectivity index (χ4v) is 3.42. The molecule has 0 spiro atoms. The lowest BCUT2D eigenvalue weighted by Crippen LogP contribution is -2.31. The molecule has 11 heteroatoms. The summed E-state index contributed by atoms with van der Waals surface area (Å²) in [4.78, 5) is 4.44. The molecule has 2 aromatic carbocycles. The Morgan fingerprint density at radius 1 is 1.14 bits per heavy atom. The van der Waals surface area contributed by atoms with Gasteiger partial charge in [-0.15, -0.1) is 37.1 Å². The lowest BCUT2D eigenvalue weighted by Gasteiger charge is -2.10. The Balaban J connectivity index is 0.00000420. The van der Waals surface area contributed by atoms with Gasteiger partial charge in [-0.2, -0.15) is 0 Å². The van der Waals surface area contributed by atoms with Gasteiger partial charge < -0.3 is 15.8 Å². The first kappa shape index (κ1) is 25.0. The highest BCUT2D eigenvalue weighted by molar-refractivity contribution is 14.0. The van der Waals surface area contributed by atoms with E-state index in [1.807, 2.05) is 0 Å². The van der Waals surface area contributed by atoms with E-state index in [9.17, 15) is 21.6 Å². The molecule has 29 heavy (non-hydrogen) atoms. The minimum Gasteiger partial charge on any atom is -0.406 e. The highest BCUT2D eigenvalue weighted by atomic mass is 127. The topological polar surface area (TPSA) is 93.8 Å². The fraction of sp³-hybridized carbons (Fsp3) is 0.278. The zero-order chi connectivity index (χ0) is 20.9. The molecule has 0 amide bonds. The summed E-state index contributed by atoms with van der Waals surface area (Å²) in [5.41, 5.74) is 7.91. The number of benzene rings is 2. The van der Waals surface area contributed by atoms with Gasteiger partial charge in [0.05, 0.1) is 11.4 Å². The number of halogens is 4. The first-order valence-electron chi connectivity index (χ1n) is 8.12. The van der Waals surface area contributed by atoms with Gasteiger partial charge in [-0.25, -0.2) is 13.4 Å². The summed E-state index contributed by atoms with van der Waals surface area (Å²) in [6.07, 6.45) is -3.58. The van der Waals surface area contributed by atoms with E-state index in [1.165, 1.54) is 30.3 Å². The van der Waals surface area contributed by atoms with Crippen LogP contribution in [0.4, 0.5) is 13.2 Å². The third kappa shape index (κ3) is 8.48. The van der Waals surface area contributed by atoms with Crippen molar-refractivity contribution >= 4 is 39.8 Å². The summed E-state index contributed by atoms with van der Waals surface area (Å²) in [6.45, 7) is 2.23. The maximum atomic E-state index is 12.1. The largest absolute Gasteiger partial charge is 0.573 e. The monoisotopic (exact) mass is 543 g/mol. The number of guanidine groups is 1. The van der Waals surface area contributed by atoms with E-state index in [4.69, 9.17) is 5.73 Å². The van der Waals surface area contributed by atoms with Gasteiger partial charge in [0.1, 0.15) is 5.75 Å². The van der Waals surface area contributed by atoms with Gasteiger partial charge in [-0.05, 0) is 41.8 Å². The second-order valence-corrected chi connectivity index (χ2v) is 8.10. The molecule has 0 bridgehead atoms. The van der Waals surface area contributed by atoms with Crippen molar-refractivity contribution in [1.82, 2.24) is 5.32 Å². The number of aliphatic imine (C=N–C) groups is 1. The van der Waals surface area contributed by atoms with E-state index < -0.39 is 16.2 Å². The summed E-state index contributed by atoms with van der Waals surface area (Å²) >= 11 is 0. The van der Waals surface area contributed by atoms with Crippen LogP contribution in [0.1, 0.15) is 16.7 Å². The molecule has 0 fully saturated rings. The Kier molecular flexibility index (Phi) is 8.75. The molecule has 3 N–H and O–H groups in total. The lowest BCUT2D eigenvalue weighted by molar-refractivity contribution is -0.274. The average Bonchev–Trinajstić information content (AvgIpc) is 2.57. The van der Waals surface area contributed by atoms with Crippen molar-refractivity contribution < 1.29 is 26.3 Å². The van der Waals surface area contributed by atoms with Gasteiger partial charge in [0, 0.05) is 12.8 Å². The first-order chi connectivity index (χ1) is 12.9. The normalized spacial score (nSPS) is 12.2. The molecule has 0 heterocycles. The van der Waals surface area contributed by atoms with Crippen molar-refractivity contribution in [2.24, 2.45) is 10.7 Å². The van der Waals surface area contributed by atoms with Crippen molar-refractivity contribution in [1.29, 1.82) is 0 Å². The number of sulfone groups is 1. The van der Waals surface area contributed by atoms with Crippen LogP contribution < -0.4 is 15.8 Å². The highest BCUT2D eigenvalue weighted by Crippen LogP contribution is 2.22. The van der Waals surface area contributed by atoms with E-state index >= 15 is 0 Å². The predicted octanol–water partition coefficient (Wildman–Crippen LogP) is 3.52. The van der Waals surface area contributed by atoms with Gasteiger partial charge in [-0.1, -0.05) is 24.3 Å². The maximum Gasteiger partial charge on any atom is 0.573 e. The molecule has 0 unspecified atom stereocenters. The Bertz CT molecular complexity index is 963. The number of rotatable bonds is 6. The van der Waals surface area contributed by atoms with Crippen LogP contribution in [-0.4, -0.2) is 27.0 Å². The Hall–Kier alpha value is -2.02. The van der Waals surface area contributed by atoms with Crippen molar-refractivity contribution in [3.63, 3.8) is 0 Å². The Morgan fingerprint density at radius 3 is 2.24 bits per heavy atom. The molecule has 160 valence electrons. The number of aryl methyl sites for hydroxylation is 1. The predicted molar refractivity (Wildman–Crippen MR) is 115 cm³/mol. The SMILES string of the molecule is Cc1cc(CN=C(N)NCc2ccc(OC(F)(F)F)cc2)ccc1S(C)(=O)=O.I. The quantitative estimate of drug-likeness (QED) is 0.331. The number of ether oxygens (including phenoxy) is 1. The van der Waals surface area contributed by atoms with Gasteiger partial charge in [0.2, 0.25) is 0 Å². The van der Waals surface area contributed by atoms with Crippen LogP contribution in [0.15, 0.2) is 52.4 Å². The van der Waals surface area contributed by atoms with Gasteiger partial charge in [0.15, 0.2) is 15.8 Å². The van der Waals surface area contributed by atoms with E-state index in [1.54, 1.807) is 19.1 Å². The smallest absolute Gasteiger partial charge is 0.406 e. The minimum absolute atomic E-state index is 0. The molecule has 0 radical (unpaired) electrons. The van der Waals surface area contributed by atoms with Crippen molar-refractivity contribution in [2.75, 3.05) is 6.26 Å². The number of hydrogen-bond acceptors (Lipinski definition) is 4. The fourth-order valence-electron chi connectivity index (χ4n) is 2.46.